The van der Waals surface area contributed by atoms with Crippen LogP contribution in [0.5, 0.6) is 5.75 Å². The van der Waals surface area contributed by atoms with Crippen molar-refractivity contribution in [3.8, 4) is 17.1 Å². The van der Waals surface area contributed by atoms with Gasteiger partial charge in [-0.05, 0) is 65.9 Å². The zero-order valence-electron chi connectivity index (χ0n) is 20.1. The first-order chi connectivity index (χ1) is 17.1. The topological polar surface area (TPSA) is 73.4 Å². The molecule has 4 aromatic rings. The summed E-state index contributed by atoms with van der Waals surface area (Å²) < 4.78 is 6.80. The van der Waals surface area contributed by atoms with E-state index in [0.717, 1.165) is 77.7 Å². The Balaban J connectivity index is 1.30. The van der Waals surface area contributed by atoms with Crippen LogP contribution in [0.25, 0.3) is 22.6 Å². The number of nitrogens with one attached hydrogen (secondary N) is 1. The number of nitrogens with zero attached hydrogens (tertiary/aromatic N) is 6. The van der Waals surface area contributed by atoms with Gasteiger partial charge in [0, 0.05) is 63.4 Å². The molecule has 0 spiro atoms. The molecule has 1 aliphatic heterocycles. The van der Waals surface area contributed by atoms with Crippen LogP contribution in [-0.4, -0.2) is 83.2 Å². The molecule has 0 radical (unpaired) electrons. The molecule has 8 nitrogen and oxygen atoms in total. The van der Waals surface area contributed by atoms with Crippen LogP contribution >= 0.6 is 15.9 Å². The lowest BCUT2D eigenvalue weighted by atomic mass is 10.2. The molecule has 3 aromatic heterocycles. The van der Waals surface area contributed by atoms with Gasteiger partial charge < -0.3 is 19.5 Å². The van der Waals surface area contributed by atoms with Crippen molar-refractivity contribution in [2.24, 2.45) is 0 Å². The maximum absolute atomic E-state index is 5.82. The number of piperazine rings is 1. The third kappa shape index (κ3) is 5.63. The average molecular weight is 536 g/mol. The number of imidazole rings is 1. The minimum atomic E-state index is 0.661. The van der Waals surface area contributed by atoms with E-state index >= 15 is 0 Å². The molecule has 182 valence electrons. The minimum Gasteiger partial charge on any atom is -0.492 e. The van der Waals surface area contributed by atoms with Crippen molar-refractivity contribution in [3.63, 3.8) is 0 Å². The van der Waals surface area contributed by atoms with Gasteiger partial charge in [0.2, 0.25) is 0 Å². The molecule has 0 unspecified atom stereocenters. The van der Waals surface area contributed by atoms with Gasteiger partial charge in [-0.1, -0.05) is 6.07 Å². The van der Waals surface area contributed by atoms with Crippen molar-refractivity contribution in [2.75, 3.05) is 58.3 Å². The number of anilines is 1. The molecule has 1 fully saturated rings. The number of benzene rings is 1. The molecule has 1 N–H and O–H groups in total. The van der Waals surface area contributed by atoms with E-state index in [1.165, 1.54) is 5.56 Å². The van der Waals surface area contributed by atoms with E-state index in [-0.39, 0.29) is 0 Å². The average Bonchev–Trinajstić information content (AvgIpc) is 3.30. The lowest BCUT2D eigenvalue weighted by molar-refractivity contribution is 0.249. The summed E-state index contributed by atoms with van der Waals surface area (Å²) in [5.74, 6) is 1.67. The van der Waals surface area contributed by atoms with E-state index < -0.39 is 0 Å². The SMILES string of the molecule is CN(C)CCOc1ccc(-c2nc3ncc(Br)c(N4CCN(Cc5cccnc5)CC4)c3[nH]2)cc1. The number of H-pyrrole nitrogens is 1. The quantitative estimate of drug-likeness (QED) is 0.365. The van der Waals surface area contributed by atoms with Crippen LogP contribution < -0.4 is 9.64 Å². The summed E-state index contributed by atoms with van der Waals surface area (Å²) in [7, 11) is 4.08. The number of aromatic nitrogens is 4. The second-order valence-electron chi connectivity index (χ2n) is 9.04. The van der Waals surface area contributed by atoms with Gasteiger partial charge in [0.05, 0.1) is 10.2 Å². The van der Waals surface area contributed by atoms with Gasteiger partial charge in [0.25, 0.3) is 0 Å². The van der Waals surface area contributed by atoms with Crippen molar-refractivity contribution in [2.45, 2.75) is 6.54 Å². The highest BCUT2D eigenvalue weighted by Crippen LogP contribution is 2.34. The highest BCUT2D eigenvalue weighted by Gasteiger charge is 2.23. The minimum absolute atomic E-state index is 0.661. The van der Waals surface area contributed by atoms with Crippen molar-refractivity contribution in [1.82, 2.24) is 29.7 Å². The fraction of sp³-hybridized carbons (Fsp3) is 0.346. The Bertz CT molecular complexity index is 1250. The number of likely N-dealkylation sites (N-methyl/N-ethyl adjacent to an activating group) is 1. The fourth-order valence-corrected chi connectivity index (χ4v) is 4.85. The van der Waals surface area contributed by atoms with E-state index in [9.17, 15) is 0 Å². The number of aromatic amines is 1. The lowest BCUT2D eigenvalue weighted by Crippen LogP contribution is -2.46. The van der Waals surface area contributed by atoms with E-state index in [1.54, 1.807) is 0 Å². The van der Waals surface area contributed by atoms with Gasteiger partial charge in [-0.3, -0.25) is 9.88 Å². The number of ether oxygens (including phenoxy) is 1. The predicted octanol–water partition coefficient (Wildman–Crippen LogP) is 4.05. The lowest BCUT2D eigenvalue weighted by Gasteiger charge is -2.36. The number of fused-ring (bicyclic) bond motifs is 1. The van der Waals surface area contributed by atoms with E-state index in [0.29, 0.717) is 6.61 Å². The summed E-state index contributed by atoms with van der Waals surface area (Å²) in [4.78, 5) is 24.1. The maximum Gasteiger partial charge on any atom is 0.180 e. The Kier molecular flexibility index (Phi) is 7.26. The van der Waals surface area contributed by atoms with Crippen molar-refractivity contribution < 1.29 is 4.74 Å². The standard InChI is InChI=1S/C26H30BrN7O/c1-32(2)14-15-35-21-7-5-20(6-8-21)25-30-23-24(22(27)17-29-26(23)31-25)34-12-10-33(11-13-34)18-19-4-3-9-28-16-19/h3-9,16-17H,10-15,18H2,1-2H3,(H,29,30,31). The number of pyridine rings is 2. The number of rotatable bonds is 8. The first-order valence-corrected chi connectivity index (χ1v) is 12.6. The molecule has 0 saturated carbocycles. The third-order valence-electron chi connectivity index (χ3n) is 6.20. The third-order valence-corrected chi connectivity index (χ3v) is 6.78. The Morgan fingerprint density at radius 1 is 1.06 bits per heavy atom. The Morgan fingerprint density at radius 2 is 1.86 bits per heavy atom. The first kappa shape index (κ1) is 23.7. The van der Waals surface area contributed by atoms with E-state index in [1.807, 2.05) is 63.0 Å². The molecule has 5 rings (SSSR count). The Hall–Kier alpha value is -3.01. The molecule has 4 heterocycles. The molecule has 0 amide bonds. The van der Waals surface area contributed by atoms with Crippen LogP contribution in [0, 0.1) is 0 Å². The van der Waals surface area contributed by atoms with E-state index in [2.05, 4.69) is 51.6 Å². The van der Waals surface area contributed by atoms with Crippen LogP contribution in [0.1, 0.15) is 5.56 Å². The summed E-state index contributed by atoms with van der Waals surface area (Å²) in [6.45, 7) is 6.32. The molecule has 1 aromatic carbocycles. The number of halogens is 1. The molecule has 0 atom stereocenters. The van der Waals surface area contributed by atoms with Gasteiger partial charge in [-0.25, -0.2) is 9.97 Å². The van der Waals surface area contributed by atoms with Crippen molar-refractivity contribution in [1.29, 1.82) is 0 Å². The normalized spacial score (nSPS) is 14.7. The van der Waals surface area contributed by atoms with Gasteiger partial charge in [-0.15, -0.1) is 0 Å². The maximum atomic E-state index is 5.82. The van der Waals surface area contributed by atoms with Gasteiger partial charge in [0.15, 0.2) is 5.65 Å². The van der Waals surface area contributed by atoms with Gasteiger partial charge in [-0.2, -0.15) is 0 Å². The monoisotopic (exact) mass is 535 g/mol. The predicted molar refractivity (Wildman–Crippen MR) is 143 cm³/mol. The molecule has 35 heavy (non-hydrogen) atoms. The number of hydrogen-bond donors (Lipinski definition) is 1. The number of hydrogen-bond acceptors (Lipinski definition) is 7. The summed E-state index contributed by atoms with van der Waals surface area (Å²) in [6, 6.07) is 12.2. The second kappa shape index (κ2) is 10.7. The zero-order chi connectivity index (χ0) is 24.2. The van der Waals surface area contributed by atoms with Gasteiger partial charge in [0.1, 0.15) is 23.7 Å². The largest absolute Gasteiger partial charge is 0.492 e. The van der Waals surface area contributed by atoms with Crippen LogP contribution in [0.3, 0.4) is 0 Å². The second-order valence-corrected chi connectivity index (χ2v) is 9.89. The molecule has 1 saturated heterocycles. The van der Waals surface area contributed by atoms with Crippen molar-refractivity contribution in [3.05, 3.63) is 65.0 Å². The molecule has 9 heteroatoms. The van der Waals surface area contributed by atoms with Crippen molar-refractivity contribution >= 4 is 32.8 Å². The molecular weight excluding hydrogens is 506 g/mol. The fourth-order valence-electron chi connectivity index (χ4n) is 4.30. The summed E-state index contributed by atoms with van der Waals surface area (Å²) in [5, 5.41) is 0. The zero-order valence-corrected chi connectivity index (χ0v) is 21.7. The molecular formula is C26H30BrN7O. The van der Waals surface area contributed by atoms with Gasteiger partial charge >= 0.3 is 0 Å². The van der Waals surface area contributed by atoms with Crippen LogP contribution in [-0.2, 0) is 6.54 Å². The van der Waals surface area contributed by atoms with Crippen LogP contribution in [0.15, 0.2) is 59.5 Å². The molecule has 0 bridgehead atoms. The summed E-state index contributed by atoms with van der Waals surface area (Å²) in [5.41, 5.74) is 5.06. The van der Waals surface area contributed by atoms with Crippen LogP contribution in [0.4, 0.5) is 5.69 Å². The van der Waals surface area contributed by atoms with Crippen LogP contribution in [0.2, 0.25) is 0 Å². The highest BCUT2D eigenvalue weighted by atomic mass is 79.9. The summed E-state index contributed by atoms with van der Waals surface area (Å²) >= 11 is 3.74. The smallest absolute Gasteiger partial charge is 0.180 e. The first-order valence-electron chi connectivity index (χ1n) is 11.9. The van der Waals surface area contributed by atoms with E-state index in [4.69, 9.17) is 9.72 Å². The molecule has 1 aliphatic rings. The Labute approximate surface area is 214 Å². The summed E-state index contributed by atoms with van der Waals surface area (Å²) in [6.07, 6.45) is 5.62. The molecule has 0 aliphatic carbocycles. The Morgan fingerprint density at radius 3 is 2.57 bits per heavy atom. The highest BCUT2D eigenvalue weighted by molar-refractivity contribution is 9.10.